The predicted molar refractivity (Wildman–Crippen MR) is 364 cm³/mol. The summed E-state index contributed by atoms with van der Waals surface area (Å²) < 4.78 is 9.64. The van der Waals surface area contributed by atoms with E-state index in [-0.39, 0.29) is 0 Å². The summed E-state index contributed by atoms with van der Waals surface area (Å²) >= 11 is 0. The molecule has 18 rings (SSSR count). The average Bonchev–Trinajstić information content (AvgIpc) is 2.18. The third-order valence-electron chi connectivity index (χ3n) is 17.8. The molecule has 18 aromatic rings. The highest BCUT2D eigenvalue weighted by molar-refractivity contribution is 6.13. The molecule has 0 fully saturated rings. The Labute approximate surface area is 506 Å². The largest absolute Gasteiger partial charge is 0.309 e. The van der Waals surface area contributed by atoms with Gasteiger partial charge in [0.1, 0.15) is 0 Å². The van der Waals surface area contributed by atoms with Crippen molar-refractivity contribution in [1.29, 1.82) is 0 Å². The fourth-order valence-corrected chi connectivity index (χ4v) is 13.9. The molecule has 0 saturated carbocycles. The van der Waals surface area contributed by atoms with Crippen LogP contribution in [0.5, 0.6) is 0 Å². The monoisotopic (exact) mass is 1120 g/mol. The normalized spacial score (nSPS) is 11.9. The molecule has 410 valence electrons. The zero-order chi connectivity index (χ0) is 57.8. The number of rotatable bonds is 9. The number of nitrogens with zero attached hydrogens (tertiary/aromatic N) is 7. The fourth-order valence-electron chi connectivity index (χ4n) is 13.9. The van der Waals surface area contributed by atoms with Gasteiger partial charge in [0.15, 0.2) is 17.5 Å². The zero-order valence-corrected chi connectivity index (χ0v) is 47.6. The molecule has 0 unspecified atom stereocenters. The molecule has 0 radical (unpaired) electrons. The number of hydrogen-bond acceptors (Lipinski definition) is 3. The molecule has 7 heteroatoms. The lowest BCUT2D eigenvalue weighted by Crippen LogP contribution is -2.01. The van der Waals surface area contributed by atoms with Crippen molar-refractivity contribution in [2.24, 2.45) is 0 Å². The summed E-state index contributed by atoms with van der Waals surface area (Å²) in [6.07, 6.45) is 0. The lowest BCUT2D eigenvalue weighted by molar-refractivity contribution is 1.07. The topological polar surface area (TPSA) is 58.4 Å². The van der Waals surface area contributed by atoms with Crippen LogP contribution in [-0.4, -0.2) is 33.2 Å². The SMILES string of the molecule is c1ccc(-c2nc(-c3cccc(-c4ccc(-n5c6ccccc6c6ccccc65)c(-c5cccc(-n6c7ccccc7c7ccc(-n8c9ccccc9c9ccccc98)cc76)c5)c4)c3)nc(-c3cccc(-n4c5ccccc5c5ccccc54)c3)n2)cc1. The number of benzene rings is 13. The maximum atomic E-state index is 5.34. The molecule has 0 amide bonds. The quantitative estimate of drug-likeness (QED) is 0.145. The first-order chi connectivity index (χ1) is 43.6. The molecule has 88 heavy (non-hydrogen) atoms. The Morgan fingerprint density at radius 2 is 0.511 bits per heavy atom. The molecular weight excluding hydrogens is 1070 g/mol. The second-order valence-electron chi connectivity index (χ2n) is 22.7. The second kappa shape index (κ2) is 19.8. The Bertz CT molecular complexity index is 5680. The molecule has 0 spiro atoms. The third kappa shape index (κ3) is 7.81. The first-order valence-corrected chi connectivity index (χ1v) is 29.9. The summed E-state index contributed by atoms with van der Waals surface area (Å²) in [7, 11) is 0. The van der Waals surface area contributed by atoms with Gasteiger partial charge in [-0.3, -0.25) is 0 Å². The predicted octanol–water partition coefficient (Wildman–Crippen LogP) is 20.6. The van der Waals surface area contributed by atoms with E-state index in [0.717, 1.165) is 94.8 Å². The van der Waals surface area contributed by atoms with Crippen LogP contribution in [-0.2, 0) is 0 Å². The van der Waals surface area contributed by atoms with Crippen molar-refractivity contribution in [3.63, 3.8) is 0 Å². The summed E-state index contributed by atoms with van der Waals surface area (Å²) in [5.41, 5.74) is 20.5. The number of para-hydroxylation sites is 7. The number of fused-ring (bicyclic) bond motifs is 12. The molecule has 0 aliphatic heterocycles. The lowest BCUT2D eigenvalue weighted by atomic mass is 9.95. The van der Waals surface area contributed by atoms with Gasteiger partial charge in [0.25, 0.3) is 0 Å². The third-order valence-corrected chi connectivity index (χ3v) is 17.8. The van der Waals surface area contributed by atoms with Crippen molar-refractivity contribution in [3.05, 3.63) is 309 Å². The van der Waals surface area contributed by atoms with E-state index < -0.39 is 0 Å². The smallest absolute Gasteiger partial charge is 0.164 e. The summed E-state index contributed by atoms with van der Waals surface area (Å²) in [6.45, 7) is 0. The number of hydrogen-bond donors (Lipinski definition) is 0. The van der Waals surface area contributed by atoms with E-state index in [1.165, 1.54) is 54.1 Å². The van der Waals surface area contributed by atoms with Gasteiger partial charge in [0.05, 0.1) is 49.8 Å². The Hall–Kier alpha value is -11.9. The molecule has 0 aliphatic carbocycles. The van der Waals surface area contributed by atoms with Crippen molar-refractivity contribution in [2.75, 3.05) is 0 Å². The molecule has 5 aromatic heterocycles. The van der Waals surface area contributed by atoms with Crippen molar-refractivity contribution in [2.45, 2.75) is 0 Å². The van der Waals surface area contributed by atoms with Gasteiger partial charge in [-0.2, -0.15) is 0 Å². The lowest BCUT2D eigenvalue weighted by Gasteiger charge is -2.18. The summed E-state index contributed by atoms with van der Waals surface area (Å²) in [5, 5.41) is 9.74. The van der Waals surface area contributed by atoms with Crippen LogP contribution in [0.1, 0.15) is 0 Å². The van der Waals surface area contributed by atoms with Crippen LogP contribution in [0, 0.1) is 0 Å². The highest BCUT2D eigenvalue weighted by atomic mass is 15.0. The summed E-state index contributed by atoms with van der Waals surface area (Å²) in [6, 6.07) is 111. The molecule has 0 atom stereocenters. The molecular formula is C81H51N7. The van der Waals surface area contributed by atoms with Crippen molar-refractivity contribution < 1.29 is 0 Å². The molecule has 0 N–H and O–H groups in total. The van der Waals surface area contributed by atoms with Gasteiger partial charge >= 0.3 is 0 Å². The van der Waals surface area contributed by atoms with E-state index in [9.17, 15) is 0 Å². The van der Waals surface area contributed by atoms with Crippen LogP contribution >= 0.6 is 0 Å². The minimum absolute atomic E-state index is 0.593. The minimum Gasteiger partial charge on any atom is -0.309 e. The van der Waals surface area contributed by atoms with Crippen LogP contribution in [0.4, 0.5) is 0 Å². The molecule has 13 aromatic carbocycles. The molecule has 5 heterocycles. The Morgan fingerprint density at radius 1 is 0.182 bits per heavy atom. The highest BCUT2D eigenvalue weighted by Crippen LogP contribution is 2.42. The zero-order valence-electron chi connectivity index (χ0n) is 47.6. The van der Waals surface area contributed by atoms with E-state index in [2.05, 4.69) is 309 Å². The van der Waals surface area contributed by atoms with E-state index in [1.807, 2.05) is 18.2 Å². The van der Waals surface area contributed by atoms with E-state index in [0.29, 0.717) is 17.5 Å². The van der Waals surface area contributed by atoms with E-state index >= 15 is 0 Å². The van der Waals surface area contributed by atoms with Crippen LogP contribution in [0.2, 0.25) is 0 Å². The van der Waals surface area contributed by atoms with E-state index in [1.54, 1.807) is 0 Å². The fraction of sp³-hybridized carbons (Fsp3) is 0. The Balaban J connectivity index is 0.803. The Kier molecular flexibility index (Phi) is 11.2. The van der Waals surface area contributed by atoms with Crippen molar-refractivity contribution >= 4 is 87.2 Å². The highest BCUT2D eigenvalue weighted by Gasteiger charge is 2.22. The van der Waals surface area contributed by atoms with Gasteiger partial charge in [-0.25, -0.2) is 15.0 Å². The van der Waals surface area contributed by atoms with Crippen molar-refractivity contribution in [3.8, 4) is 79.2 Å². The average molecular weight is 1120 g/mol. The van der Waals surface area contributed by atoms with Gasteiger partial charge in [-0.05, 0) is 114 Å². The van der Waals surface area contributed by atoms with Gasteiger partial charge in [0.2, 0.25) is 0 Å². The van der Waals surface area contributed by atoms with Crippen LogP contribution in [0.15, 0.2) is 309 Å². The summed E-state index contributed by atoms with van der Waals surface area (Å²) in [4.78, 5) is 15.8. The molecule has 7 nitrogen and oxygen atoms in total. The maximum Gasteiger partial charge on any atom is 0.164 e. The minimum atomic E-state index is 0.593. The van der Waals surface area contributed by atoms with Crippen LogP contribution in [0.25, 0.3) is 166 Å². The first-order valence-electron chi connectivity index (χ1n) is 29.9. The Morgan fingerprint density at radius 3 is 1.00 bits per heavy atom. The van der Waals surface area contributed by atoms with Gasteiger partial charge in [0, 0.05) is 82.4 Å². The van der Waals surface area contributed by atoms with Crippen molar-refractivity contribution in [1.82, 2.24) is 33.2 Å². The van der Waals surface area contributed by atoms with Gasteiger partial charge in [-0.15, -0.1) is 0 Å². The second-order valence-corrected chi connectivity index (χ2v) is 22.7. The summed E-state index contributed by atoms with van der Waals surface area (Å²) in [5.74, 6) is 1.80. The number of aromatic nitrogens is 7. The van der Waals surface area contributed by atoms with Crippen LogP contribution in [0.3, 0.4) is 0 Å². The van der Waals surface area contributed by atoms with Crippen LogP contribution < -0.4 is 0 Å². The molecule has 0 bridgehead atoms. The van der Waals surface area contributed by atoms with Gasteiger partial charge in [-0.1, -0.05) is 212 Å². The standard InChI is InChI=1S/C81H51N7/c1-2-21-52(22-3-1)79-82-80(84-81(83-79)57-26-20-28-59(49-57)85-70-36-11-4-29-61(70)62-30-5-12-37-71(62)85)56-25-18-23-53(47-56)54-43-46-77(88-75-41-16-9-33-65(75)66-34-10-17-42-76(66)88)69(50-54)55-24-19-27-58(48-55)87-74-40-15-8-35-67(74)68-45-44-60(51-78(68)87)86-72-38-13-6-31-63(72)64-32-7-14-39-73(64)86/h1-51H. The molecule has 0 aliphatic rings. The van der Waals surface area contributed by atoms with E-state index in [4.69, 9.17) is 15.0 Å². The van der Waals surface area contributed by atoms with Gasteiger partial charge < -0.3 is 18.3 Å². The molecule has 0 saturated heterocycles. The maximum absolute atomic E-state index is 5.34. The first kappa shape index (κ1) is 49.5.